The first-order valence-electron chi connectivity index (χ1n) is 8.77. The zero-order valence-corrected chi connectivity index (χ0v) is 17.5. The molecule has 0 aromatic heterocycles. The molecule has 0 amide bonds. The average Bonchev–Trinajstić information content (AvgIpc) is 2.65. The van der Waals surface area contributed by atoms with E-state index in [-0.39, 0.29) is 16.5 Å². The summed E-state index contributed by atoms with van der Waals surface area (Å²) in [4.78, 5) is 4.87. The Morgan fingerprint density at radius 1 is 0.926 bits per heavy atom. The van der Waals surface area contributed by atoms with Gasteiger partial charge in [-0.1, -0.05) is 47.5 Å². The van der Waals surface area contributed by atoms with Gasteiger partial charge in [0.1, 0.15) is 0 Å². The molecule has 1 aliphatic heterocycles. The molecule has 8 heteroatoms. The number of piperazine rings is 1. The summed E-state index contributed by atoms with van der Waals surface area (Å²) in [5.41, 5.74) is 2.14. The highest BCUT2D eigenvalue weighted by Gasteiger charge is 2.16. The predicted octanol–water partition coefficient (Wildman–Crippen LogP) is 3.22. The number of likely N-dealkylation sites (N-methyl/N-ethyl adjacent to an activating group) is 1. The molecule has 1 N–H and O–H groups in total. The van der Waals surface area contributed by atoms with Crippen LogP contribution in [0.4, 0.5) is 0 Å². The van der Waals surface area contributed by atoms with Crippen LogP contribution < -0.4 is 4.72 Å². The monoisotopic (exact) mass is 427 g/mol. The Kier molecular flexibility index (Phi) is 6.78. The van der Waals surface area contributed by atoms with Crippen LogP contribution >= 0.6 is 23.2 Å². The van der Waals surface area contributed by atoms with E-state index in [4.69, 9.17) is 23.2 Å². The molecule has 2 aromatic rings. The van der Waals surface area contributed by atoms with Crippen LogP contribution in [0.2, 0.25) is 10.0 Å². The Labute approximate surface area is 170 Å². The van der Waals surface area contributed by atoms with Gasteiger partial charge < -0.3 is 4.90 Å². The molecular formula is C19H23Cl2N3O2S. The van der Waals surface area contributed by atoms with Gasteiger partial charge in [-0.05, 0) is 36.4 Å². The fourth-order valence-corrected chi connectivity index (χ4v) is 4.34. The quantitative estimate of drug-likeness (QED) is 0.768. The summed E-state index contributed by atoms with van der Waals surface area (Å²) in [6, 6.07) is 12.3. The normalized spacial score (nSPS) is 16.6. The topological polar surface area (TPSA) is 52.6 Å². The van der Waals surface area contributed by atoms with Crippen molar-refractivity contribution in [1.29, 1.82) is 0 Å². The van der Waals surface area contributed by atoms with Crippen molar-refractivity contribution in [2.75, 3.05) is 33.2 Å². The molecule has 1 saturated heterocycles. The van der Waals surface area contributed by atoms with Gasteiger partial charge in [0.2, 0.25) is 10.0 Å². The molecule has 1 aliphatic rings. The number of rotatable bonds is 6. The molecule has 0 aliphatic carbocycles. The minimum absolute atomic E-state index is 0.101. The lowest BCUT2D eigenvalue weighted by molar-refractivity contribution is 0.148. The summed E-state index contributed by atoms with van der Waals surface area (Å²) in [6.45, 7) is 5.47. The van der Waals surface area contributed by atoms with Gasteiger partial charge in [-0.15, -0.1) is 0 Å². The Morgan fingerprint density at radius 2 is 1.56 bits per heavy atom. The van der Waals surface area contributed by atoms with Gasteiger partial charge in [0.05, 0.1) is 14.9 Å². The van der Waals surface area contributed by atoms with Crippen LogP contribution in [-0.2, 0) is 23.1 Å². The number of halogens is 2. The second kappa shape index (κ2) is 8.90. The van der Waals surface area contributed by atoms with Gasteiger partial charge in [-0.2, -0.15) is 0 Å². The molecule has 146 valence electrons. The van der Waals surface area contributed by atoms with Crippen LogP contribution in [0.3, 0.4) is 0 Å². The smallest absolute Gasteiger partial charge is 0.240 e. The Bertz CT molecular complexity index is 880. The van der Waals surface area contributed by atoms with Crippen molar-refractivity contribution in [2.24, 2.45) is 0 Å². The third-order valence-electron chi connectivity index (χ3n) is 4.69. The molecule has 0 bridgehead atoms. The molecule has 1 heterocycles. The summed E-state index contributed by atoms with van der Waals surface area (Å²) in [6.07, 6.45) is 0. The van der Waals surface area contributed by atoms with Gasteiger partial charge in [-0.3, -0.25) is 4.90 Å². The molecule has 0 atom stereocenters. The van der Waals surface area contributed by atoms with Gasteiger partial charge >= 0.3 is 0 Å². The Morgan fingerprint density at radius 3 is 2.19 bits per heavy atom. The second-order valence-corrected chi connectivity index (χ2v) is 9.38. The van der Waals surface area contributed by atoms with E-state index in [0.29, 0.717) is 5.02 Å². The summed E-state index contributed by atoms with van der Waals surface area (Å²) < 4.78 is 27.4. The number of nitrogens with one attached hydrogen (secondary N) is 1. The van der Waals surface area contributed by atoms with Gasteiger partial charge in [0.15, 0.2) is 0 Å². The molecule has 2 aromatic carbocycles. The van der Waals surface area contributed by atoms with E-state index in [0.717, 1.165) is 38.3 Å². The molecule has 27 heavy (non-hydrogen) atoms. The average molecular weight is 428 g/mol. The van der Waals surface area contributed by atoms with Gasteiger partial charge in [0.25, 0.3) is 0 Å². The summed E-state index contributed by atoms with van der Waals surface area (Å²) in [5, 5.41) is 0.541. The summed E-state index contributed by atoms with van der Waals surface area (Å²) in [7, 11) is -1.50. The van der Waals surface area contributed by atoms with E-state index in [1.165, 1.54) is 23.8 Å². The van der Waals surface area contributed by atoms with Crippen LogP contribution in [0.1, 0.15) is 11.1 Å². The highest BCUT2D eigenvalue weighted by atomic mass is 35.5. The van der Waals surface area contributed by atoms with Crippen molar-refractivity contribution in [2.45, 2.75) is 18.0 Å². The number of benzene rings is 2. The maximum absolute atomic E-state index is 12.4. The van der Waals surface area contributed by atoms with Crippen molar-refractivity contribution < 1.29 is 8.42 Å². The first-order valence-corrected chi connectivity index (χ1v) is 11.0. The van der Waals surface area contributed by atoms with E-state index in [1.807, 2.05) is 12.1 Å². The zero-order valence-electron chi connectivity index (χ0n) is 15.2. The largest absolute Gasteiger partial charge is 0.304 e. The van der Waals surface area contributed by atoms with Crippen LogP contribution in [-0.4, -0.2) is 51.4 Å². The molecule has 0 radical (unpaired) electrons. The summed E-state index contributed by atoms with van der Waals surface area (Å²) in [5.74, 6) is 0. The lowest BCUT2D eigenvalue weighted by Crippen LogP contribution is -2.43. The van der Waals surface area contributed by atoms with Crippen molar-refractivity contribution >= 4 is 33.2 Å². The highest BCUT2D eigenvalue weighted by Crippen LogP contribution is 2.24. The highest BCUT2D eigenvalue weighted by molar-refractivity contribution is 7.89. The van der Waals surface area contributed by atoms with Crippen LogP contribution in [0.15, 0.2) is 47.4 Å². The summed E-state index contributed by atoms with van der Waals surface area (Å²) >= 11 is 11.8. The standard InChI is InChI=1S/C19H23Cl2N3O2S/c1-23-8-10-24(11-9-23)14-16-4-2-15(3-5-16)13-22-27(25,26)17-6-7-18(20)19(21)12-17/h2-7,12,22H,8-11,13-14H2,1H3. The second-order valence-electron chi connectivity index (χ2n) is 6.80. The molecule has 3 rings (SSSR count). The first-order chi connectivity index (χ1) is 12.8. The molecule has 1 fully saturated rings. The maximum Gasteiger partial charge on any atom is 0.240 e. The SMILES string of the molecule is CN1CCN(Cc2ccc(CNS(=O)(=O)c3ccc(Cl)c(Cl)c3)cc2)CC1. The van der Waals surface area contributed by atoms with E-state index in [2.05, 4.69) is 33.7 Å². The first kappa shape index (κ1) is 20.6. The fraction of sp³-hybridized carbons (Fsp3) is 0.368. The van der Waals surface area contributed by atoms with Crippen molar-refractivity contribution in [3.63, 3.8) is 0 Å². The van der Waals surface area contributed by atoms with Crippen molar-refractivity contribution in [3.8, 4) is 0 Å². The van der Waals surface area contributed by atoms with E-state index in [9.17, 15) is 8.42 Å². The van der Waals surface area contributed by atoms with Crippen LogP contribution in [0.5, 0.6) is 0 Å². The van der Waals surface area contributed by atoms with E-state index < -0.39 is 10.0 Å². The number of sulfonamides is 1. The van der Waals surface area contributed by atoms with Gasteiger partial charge in [-0.25, -0.2) is 13.1 Å². The Hall–Kier alpha value is -1.15. The van der Waals surface area contributed by atoms with Crippen LogP contribution in [0, 0.1) is 0 Å². The fourth-order valence-electron chi connectivity index (χ4n) is 2.93. The van der Waals surface area contributed by atoms with Gasteiger partial charge in [0, 0.05) is 39.3 Å². The predicted molar refractivity (Wildman–Crippen MR) is 110 cm³/mol. The van der Waals surface area contributed by atoms with Crippen molar-refractivity contribution in [1.82, 2.24) is 14.5 Å². The minimum atomic E-state index is -3.64. The Balaban J connectivity index is 1.57. The van der Waals surface area contributed by atoms with Crippen molar-refractivity contribution in [3.05, 3.63) is 63.6 Å². The number of hydrogen-bond acceptors (Lipinski definition) is 4. The van der Waals surface area contributed by atoms with E-state index >= 15 is 0 Å². The van der Waals surface area contributed by atoms with Crippen LogP contribution in [0.25, 0.3) is 0 Å². The lowest BCUT2D eigenvalue weighted by Gasteiger charge is -2.32. The molecule has 0 spiro atoms. The lowest BCUT2D eigenvalue weighted by atomic mass is 10.1. The third kappa shape index (κ3) is 5.67. The number of hydrogen-bond donors (Lipinski definition) is 1. The maximum atomic E-state index is 12.4. The minimum Gasteiger partial charge on any atom is -0.304 e. The molecule has 5 nitrogen and oxygen atoms in total. The third-order valence-corrected chi connectivity index (χ3v) is 6.83. The van der Waals surface area contributed by atoms with E-state index in [1.54, 1.807) is 0 Å². The molecular weight excluding hydrogens is 405 g/mol. The molecule has 0 saturated carbocycles. The zero-order chi connectivity index (χ0) is 19.4. The number of nitrogens with zero attached hydrogens (tertiary/aromatic N) is 2. The molecule has 0 unspecified atom stereocenters.